The van der Waals surface area contributed by atoms with Gasteiger partial charge in [0, 0.05) is 0 Å². The fourth-order valence-electron chi connectivity index (χ4n) is 2.49. The minimum atomic E-state index is -1.15. The largest absolute Gasteiger partial charge is 0.389 e. The molecule has 3 rings (SSSR count). The van der Waals surface area contributed by atoms with E-state index >= 15 is 0 Å². The van der Waals surface area contributed by atoms with Gasteiger partial charge in [-0.2, -0.15) is 0 Å². The molecule has 4 N–H and O–H groups in total. The van der Waals surface area contributed by atoms with E-state index in [4.69, 9.17) is 0 Å². The van der Waals surface area contributed by atoms with E-state index in [-0.39, 0.29) is 11.1 Å². The summed E-state index contributed by atoms with van der Waals surface area (Å²) in [5.74, 6) is 0. The molecule has 0 radical (unpaired) electrons. The van der Waals surface area contributed by atoms with Crippen molar-refractivity contribution in [1.82, 2.24) is 19.5 Å². The van der Waals surface area contributed by atoms with Crippen LogP contribution in [0.3, 0.4) is 0 Å². The summed E-state index contributed by atoms with van der Waals surface area (Å²) in [4.78, 5) is 22.0. The van der Waals surface area contributed by atoms with E-state index in [2.05, 4.69) is 15.0 Å². The zero-order valence-electron chi connectivity index (χ0n) is 10.6. The van der Waals surface area contributed by atoms with Crippen molar-refractivity contribution in [2.75, 3.05) is 0 Å². The molecule has 1 aliphatic rings. The van der Waals surface area contributed by atoms with E-state index < -0.39 is 24.4 Å². The van der Waals surface area contributed by atoms with Crippen LogP contribution < -0.4 is 5.56 Å². The molecule has 0 saturated carbocycles. The first-order valence-corrected chi connectivity index (χ1v) is 6.16. The third-order valence-corrected chi connectivity index (χ3v) is 3.55. The average Bonchev–Trinajstić information content (AvgIpc) is 2.94. The fraction of sp³-hybridized carbons (Fsp3) is 0.417. The molecule has 0 unspecified atom stereocenters. The monoisotopic (exact) mass is 278 g/mol. The van der Waals surface area contributed by atoms with Crippen molar-refractivity contribution in [2.45, 2.75) is 31.3 Å². The lowest BCUT2D eigenvalue weighted by Crippen LogP contribution is -2.31. The van der Waals surface area contributed by atoms with Crippen molar-refractivity contribution in [2.24, 2.45) is 0 Å². The van der Waals surface area contributed by atoms with E-state index in [0.717, 1.165) is 0 Å². The van der Waals surface area contributed by atoms with E-state index in [9.17, 15) is 20.1 Å². The summed E-state index contributed by atoms with van der Waals surface area (Å²) in [6.07, 6.45) is 1.06. The van der Waals surface area contributed by atoms with Crippen molar-refractivity contribution < 1.29 is 15.3 Å². The second kappa shape index (κ2) is 4.51. The molecule has 2 aromatic rings. The molecule has 0 bridgehead atoms. The van der Waals surface area contributed by atoms with E-state index in [1.165, 1.54) is 24.1 Å². The first kappa shape index (κ1) is 13.0. The number of nitrogens with zero attached hydrogens (tertiary/aromatic N) is 3. The van der Waals surface area contributed by atoms with Crippen LogP contribution in [-0.2, 0) is 0 Å². The molecule has 20 heavy (non-hydrogen) atoms. The van der Waals surface area contributed by atoms with Gasteiger partial charge in [-0.05, 0) is 12.5 Å². The smallest absolute Gasteiger partial charge is 0.278 e. The zero-order valence-corrected chi connectivity index (χ0v) is 10.6. The molecule has 4 atom stereocenters. The van der Waals surface area contributed by atoms with Crippen LogP contribution in [0.1, 0.15) is 13.0 Å². The Balaban J connectivity index is 2.12. The highest BCUT2D eigenvalue weighted by Gasteiger charge is 2.38. The molecule has 0 fully saturated rings. The van der Waals surface area contributed by atoms with Crippen LogP contribution in [0, 0.1) is 0 Å². The lowest BCUT2D eigenvalue weighted by Gasteiger charge is -2.19. The number of fused-ring (bicyclic) bond motifs is 1. The molecule has 0 aliphatic heterocycles. The van der Waals surface area contributed by atoms with Gasteiger partial charge in [0.25, 0.3) is 5.56 Å². The molecule has 1 aliphatic carbocycles. The third-order valence-electron chi connectivity index (χ3n) is 3.55. The molecule has 0 amide bonds. The Kier molecular flexibility index (Phi) is 2.93. The Labute approximate surface area is 113 Å². The number of H-pyrrole nitrogens is 1. The molecule has 106 valence electrons. The van der Waals surface area contributed by atoms with Crippen LogP contribution in [0.4, 0.5) is 0 Å². The highest BCUT2D eigenvalue weighted by atomic mass is 16.3. The van der Waals surface area contributed by atoms with Gasteiger partial charge in [0.15, 0.2) is 11.2 Å². The van der Waals surface area contributed by atoms with Crippen LogP contribution in [0.25, 0.3) is 11.2 Å². The minimum absolute atomic E-state index is 0.160. The predicted octanol–water partition coefficient (Wildman–Crippen LogP) is -1.30. The Morgan fingerprint density at radius 3 is 2.80 bits per heavy atom. The molecular weight excluding hydrogens is 264 g/mol. The summed E-state index contributed by atoms with van der Waals surface area (Å²) in [7, 11) is 0. The van der Waals surface area contributed by atoms with E-state index in [1.54, 1.807) is 6.08 Å². The number of aromatic amines is 1. The molecule has 0 aromatic carbocycles. The minimum Gasteiger partial charge on any atom is -0.389 e. The Morgan fingerprint density at radius 2 is 2.15 bits per heavy atom. The van der Waals surface area contributed by atoms with Crippen molar-refractivity contribution >= 4 is 11.2 Å². The number of hydrogen-bond donors (Lipinski definition) is 4. The van der Waals surface area contributed by atoms with E-state index in [0.29, 0.717) is 11.2 Å². The van der Waals surface area contributed by atoms with Gasteiger partial charge in [-0.25, -0.2) is 9.97 Å². The lowest BCUT2D eigenvalue weighted by atomic mass is 10.1. The first-order chi connectivity index (χ1) is 9.50. The van der Waals surface area contributed by atoms with Crippen molar-refractivity contribution in [3.8, 4) is 0 Å². The topological polar surface area (TPSA) is 124 Å². The normalized spacial score (nSPS) is 27.8. The van der Waals surface area contributed by atoms with Crippen molar-refractivity contribution in [3.63, 3.8) is 0 Å². The zero-order chi connectivity index (χ0) is 14.4. The SMILES string of the molecule is C[C@H](O)C1=C[C@H](n2cnc3c(=O)[nH]cnc32)[C@H](O)[C@@H]1O. The van der Waals surface area contributed by atoms with Crippen LogP contribution in [0.2, 0.25) is 0 Å². The number of aromatic nitrogens is 4. The summed E-state index contributed by atoms with van der Waals surface area (Å²) in [5.41, 5.74) is 0.442. The Morgan fingerprint density at radius 1 is 1.40 bits per heavy atom. The highest BCUT2D eigenvalue weighted by Crippen LogP contribution is 2.32. The Hall–Kier alpha value is -2.03. The number of imidazole rings is 1. The number of hydrogen-bond acceptors (Lipinski definition) is 6. The van der Waals surface area contributed by atoms with Gasteiger partial charge in [0.1, 0.15) is 12.2 Å². The van der Waals surface area contributed by atoms with Gasteiger partial charge in [-0.3, -0.25) is 4.79 Å². The average molecular weight is 278 g/mol. The summed E-state index contributed by atoms with van der Waals surface area (Å²) in [5, 5.41) is 29.6. The predicted molar refractivity (Wildman–Crippen MR) is 69.0 cm³/mol. The number of nitrogens with one attached hydrogen (secondary N) is 1. The summed E-state index contributed by atoms with van der Waals surface area (Å²) in [6, 6.07) is -0.631. The summed E-state index contributed by atoms with van der Waals surface area (Å²) < 4.78 is 1.51. The maximum absolute atomic E-state index is 11.6. The molecule has 8 heteroatoms. The van der Waals surface area contributed by atoms with Gasteiger partial charge >= 0.3 is 0 Å². The number of aliphatic hydroxyl groups excluding tert-OH is 3. The maximum Gasteiger partial charge on any atom is 0.278 e. The molecular formula is C12H14N4O4. The second-order valence-corrected chi connectivity index (χ2v) is 4.82. The van der Waals surface area contributed by atoms with Crippen molar-refractivity contribution in [1.29, 1.82) is 0 Å². The summed E-state index contributed by atoms with van der Waals surface area (Å²) in [6.45, 7) is 1.51. The quantitative estimate of drug-likeness (QED) is 0.506. The second-order valence-electron chi connectivity index (χ2n) is 4.82. The van der Waals surface area contributed by atoms with Gasteiger partial charge in [-0.1, -0.05) is 6.08 Å². The van der Waals surface area contributed by atoms with Crippen LogP contribution >= 0.6 is 0 Å². The van der Waals surface area contributed by atoms with Gasteiger partial charge < -0.3 is 24.9 Å². The molecule has 8 nitrogen and oxygen atoms in total. The number of aliphatic hydroxyl groups is 3. The van der Waals surface area contributed by atoms with Crippen molar-refractivity contribution in [3.05, 3.63) is 34.7 Å². The highest BCUT2D eigenvalue weighted by molar-refractivity contribution is 5.69. The lowest BCUT2D eigenvalue weighted by molar-refractivity contribution is 0.0237. The standard InChI is InChI=1S/C12H14N4O4/c1-5(17)6-2-7(10(19)9(6)18)16-4-15-8-11(16)13-3-14-12(8)20/h2-5,7,9-10,17-19H,1H3,(H,13,14,20)/t5-,7-,9+,10-/m0/s1. The van der Waals surface area contributed by atoms with E-state index in [1.807, 2.05) is 0 Å². The van der Waals surface area contributed by atoms with Gasteiger partial charge in [-0.15, -0.1) is 0 Å². The fourth-order valence-corrected chi connectivity index (χ4v) is 2.49. The summed E-state index contributed by atoms with van der Waals surface area (Å²) >= 11 is 0. The van der Waals surface area contributed by atoms with Crippen LogP contribution in [0.5, 0.6) is 0 Å². The van der Waals surface area contributed by atoms with Gasteiger partial charge in [0.05, 0.1) is 24.8 Å². The molecule has 2 aromatic heterocycles. The molecule has 2 heterocycles. The first-order valence-electron chi connectivity index (χ1n) is 6.16. The number of rotatable bonds is 2. The molecule has 0 spiro atoms. The van der Waals surface area contributed by atoms with Crippen LogP contribution in [-0.4, -0.2) is 53.2 Å². The van der Waals surface area contributed by atoms with Crippen LogP contribution in [0.15, 0.2) is 29.1 Å². The van der Waals surface area contributed by atoms with Gasteiger partial charge in [0.2, 0.25) is 0 Å². The Bertz CT molecular complexity index is 732. The molecule has 0 saturated heterocycles. The maximum atomic E-state index is 11.6. The third kappa shape index (κ3) is 1.77.